The van der Waals surface area contributed by atoms with Gasteiger partial charge in [0.1, 0.15) is 0 Å². The zero-order valence-electron chi connectivity index (χ0n) is 12.3. The molecule has 5 nitrogen and oxygen atoms in total. The van der Waals surface area contributed by atoms with E-state index in [1.165, 1.54) is 0 Å². The third kappa shape index (κ3) is 2.72. The summed E-state index contributed by atoms with van der Waals surface area (Å²) in [5.41, 5.74) is 13.5. The van der Waals surface area contributed by atoms with Crippen LogP contribution in [-0.2, 0) is 0 Å². The molecule has 2 rings (SSSR count). The second-order valence-corrected chi connectivity index (χ2v) is 5.22. The van der Waals surface area contributed by atoms with Gasteiger partial charge in [-0.1, -0.05) is 19.9 Å². The molecule has 1 heterocycles. The van der Waals surface area contributed by atoms with Gasteiger partial charge in [-0.3, -0.25) is 9.69 Å². The molecule has 0 spiro atoms. The van der Waals surface area contributed by atoms with E-state index >= 15 is 0 Å². The van der Waals surface area contributed by atoms with Crippen molar-refractivity contribution in [2.75, 3.05) is 36.8 Å². The van der Waals surface area contributed by atoms with E-state index in [-0.39, 0.29) is 0 Å². The molecule has 1 aliphatic heterocycles. The maximum absolute atomic E-state index is 11.6. The molecular formula is C15H24N4O. The Hall–Kier alpha value is -1.75. The first-order chi connectivity index (χ1) is 9.58. The molecule has 1 fully saturated rings. The van der Waals surface area contributed by atoms with Crippen molar-refractivity contribution in [1.29, 1.82) is 0 Å². The summed E-state index contributed by atoms with van der Waals surface area (Å²) in [5.74, 6) is -0.418. The number of hydrogen-bond acceptors (Lipinski definition) is 4. The number of primary amides is 1. The number of carbonyl (C=O) groups excluding carboxylic acids is 1. The molecule has 5 heteroatoms. The van der Waals surface area contributed by atoms with Crippen LogP contribution in [0.3, 0.4) is 0 Å². The number of benzene rings is 1. The highest BCUT2D eigenvalue weighted by atomic mass is 16.1. The number of nitrogen functional groups attached to an aromatic ring is 1. The highest BCUT2D eigenvalue weighted by Gasteiger charge is 2.29. The maximum atomic E-state index is 11.6. The third-order valence-corrected chi connectivity index (χ3v) is 4.14. The van der Waals surface area contributed by atoms with Gasteiger partial charge in [0.05, 0.1) is 16.9 Å². The number of anilines is 2. The van der Waals surface area contributed by atoms with E-state index in [1.807, 2.05) is 6.07 Å². The van der Waals surface area contributed by atoms with Crippen LogP contribution in [0.2, 0.25) is 0 Å². The number of nitrogens with zero attached hydrogens (tertiary/aromatic N) is 2. The molecule has 20 heavy (non-hydrogen) atoms. The molecule has 110 valence electrons. The van der Waals surface area contributed by atoms with Crippen LogP contribution in [-0.4, -0.2) is 43.0 Å². The smallest absolute Gasteiger partial charge is 0.250 e. The molecule has 4 N–H and O–H groups in total. The fourth-order valence-electron chi connectivity index (χ4n) is 3.10. The van der Waals surface area contributed by atoms with E-state index in [0.29, 0.717) is 17.3 Å². The fourth-order valence-corrected chi connectivity index (χ4v) is 3.10. The van der Waals surface area contributed by atoms with Gasteiger partial charge < -0.3 is 16.4 Å². The normalized spacial score (nSPS) is 18.8. The van der Waals surface area contributed by atoms with Gasteiger partial charge in [-0.2, -0.15) is 0 Å². The second-order valence-electron chi connectivity index (χ2n) is 5.22. The van der Waals surface area contributed by atoms with Crippen LogP contribution in [0, 0.1) is 0 Å². The van der Waals surface area contributed by atoms with Crippen LogP contribution in [0.1, 0.15) is 30.6 Å². The lowest BCUT2D eigenvalue weighted by Gasteiger charge is -2.27. The number of para-hydroxylation sites is 1. The Bertz CT molecular complexity index is 485. The van der Waals surface area contributed by atoms with Crippen molar-refractivity contribution in [2.24, 2.45) is 5.73 Å². The number of amides is 1. The number of nitrogens with two attached hydrogens (primary N) is 2. The molecule has 0 aromatic heterocycles. The highest BCUT2D eigenvalue weighted by molar-refractivity contribution is 6.01. The lowest BCUT2D eigenvalue weighted by molar-refractivity contribution is 0.100. The number of hydrogen-bond donors (Lipinski definition) is 2. The summed E-state index contributed by atoms with van der Waals surface area (Å²) in [6, 6.07) is 5.87. The average Bonchev–Trinajstić information content (AvgIpc) is 2.89. The van der Waals surface area contributed by atoms with Gasteiger partial charge in [0, 0.05) is 19.1 Å². The zero-order chi connectivity index (χ0) is 14.7. The predicted octanol–water partition coefficient (Wildman–Crippen LogP) is 1.29. The summed E-state index contributed by atoms with van der Waals surface area (Å²) in [4.78, 5) is 16.2. The molecule has 1 atom stereocenters. The molecule has 1 unspecified atom stereocenters. The molecule has 1 saturated heterocycles. The second kappa shape index (κ2) is 6.13. The number of likely N-dealkylation sites (N-methyl/N-ethyl adjacent to an activating group) is 1. The van der Waals surface area contributed by atoms with Gasteiger partial charge in [-0.25, -0.2) is 0 Å². The Labute approximate surface area is 120 Å². The van der Waals surface area contributed by atoms with Crippen LogP contribution >= 0.6 is 0 Å². The van der Waals surface area contributed by atoms with Crippen LogP contribution in [0.25, 0.3) is 0 Å². The Kier molecular flexibility index (Phi) is 4.49. The van der Waals surface area contributed by atoms with Gasteiger partial charge in [0.15, 0.2) is 0 Å². The number of carbonyl (C=O) groups is 1. The van der Waals surface area contributed by atoms with Crippen molar-refractivity contribution in [3.05, 3.63) is 23.8 Å². The average molecular weight is 276 g/mol. The van der Waals surface area contributed by atoms with Gasteiger partial charge in [0.2, 0.25) is 0 Å². The van der Waals surface area contributed by atoms with Crippen LogP contribution < -0.4 is 16.4 Å². The molecule has 0 radical (unpaired) electrons. The van der Waals surface area contributed by atoms with E-state index in [0.717, 1.165) is 38.3 Å². The van der Waals surface area contributed by atoms with Crippen molar-refractivity contribution in [3.63, 3.8) is 0 Å². The standard InChI is InChI=1S/C15H24N4O/c1-3-18(4-2)11-8-9-19(10-11)14-12(15(17)20)6-5-7-13(14)16/h5-7,11H,3-4,8-10,16H2,1-2H3,(H2,17,20). The summed E-state index contributed by atoms with van der Waals surface area (Å²) in [7, 11) is 0. The molecule has 1 aliphatic rings. The minimum absolute atomic E-state index is 0.418. The topological polar surface area (TPSA) is 75.6 Å². The first-order valence-electron chi connectivity index (χ1n) is 7.25. The molecule has 0 bridgehead atoms. The minimum atomic E-state index is -0.418. The van der Waals surface area contributed by atoms with Crippen molar-refractivity contribution in [3.8, 4) is 0 Å². The summed E-state index contributed by atoms with van der Waals surface area (Å²) < 4.78 is 0. The van der Waals surface area contributed by atoms with Crippen LogP contribution in [0.5, 0.6) is 0 Å². The number of rotatable bonds is 5. The third-order valence-electron chi connectivity index (χ3n) is 4.14. The molecule has 1 aromatic rings. The Morgan fingerprint density at radius 1 is 1.40 bits per heavy atom. The Morgan fingerprint density at radius 3 is 2.70 bits per heavy atom. The van der Waals surface area contributed by atoms with Gasteiger partial charge >= 0.3 is 0 Å². The minimum Gasteiger partial charge on any atom is -0.397 e. The fraction of sp³-hybridized carbons (Fsp3) is 0.533. The van der Waals surface area contributed by atoms with Gasteiger partial charge in [-0.15, -0.1) is 0 Å². The molecule has 0 aliphatic carbocycles. The summed E-state index contributed by atoms with van der Waals surface area (Å²) >= 11 is 0. The van der Waals surface area contributed by atoms with Crippen molar-refractivity contribution in [1.82, 2.24) is 4.90 Å². The lowest BCUT2D eigenvalue weighted by atomic mass is 10.1. The van der Waals surface area contributed by atoms with E-state index in [4.69, 9.17) is 11.5 Å². The monoisotopic (exact) mass is 276 g/mol. The van der Waals surface area contributed by atoms with Crippen LogP contribution in [0.4, 0.5) is 11.4 Å². The molecule has 0 saturated carbocycles. The van der Waals surface area contributed by atoms with E-state index < -0.39 is 5.91 Å². The Balaban J connectivity index is 2.24. The first-order valence-corrected chi connectivity index (χ1v) is 7.25. The van der Waals surface area contributed by atoms with Crippen molar-refractivity contribution >= 4 is 17.3 Å². The van der Waals surface area contributed by atoms with Gasteiger partial charge in [-0.05, 0) is 31.6 Å². The molecule has 1 aromatic carbocycles. The lowest BCUT2D eigenvalue weighted by Crippen LogP contribution is -2.37. The van der Waals surface area contributed by atoms with Crippen LogP contribution in [0.15, 0.2) is 18.2 Å². The quantitative estimate of drug-likeness (QED) is 0.795. The van der Waals surface area contributed by atoms with E-state index in [2.05, 4.69) is 23.6 Å². The highest BCUT2D eigenvalue weighted by Crippen LogP contribution is 2.31. The SMILES string of the molecule is CCN(CC)C1CCN(c2c(N)cccc2C(N)=O)C1. The van der Waals surface area contributed by atoms with Crippen molar-refractivity contribution < 1.29 is 4.79 Å². The predicted molar refractivity (Wildman–Crippen MR) is 82.9 cm³/mol. The van der Waals surface area contributed by atoms with E-state index in [9.17, 15) is 4.79 Å². The maximum Gasteiger partial charge on any atom is 0.250 e. The van der Waals surface area contributed by atoms with Crippen molar-refractivity contribution in [2.45, 2.75) is 26.3 Å². The first kappa shape index (κ1) is 14.7. The largest absolute Gasteiger partial charge is 0.397 e. The zero-order valence-corrected chi connectivity index (χ0v) is 12.3. The van der Waals surface area contributed by atoms with E-state index in [1.54, 1.807) is 12.1 Å². The Morgan fingerprint density at radius 2 is 2.10 bits per heavy atom. The van der Waals surface area contributed by atoms with Gasteiger partial charge in [0.25, 0.3) is 5.91 Å². The molecular weight excluding hydrogens is 252 g/mol. The molecule has 1 amide bonds. The summed E-state index contributed by atoms with van der Waals surface area (Å²) in [6.45, 7) is 8.26. The summed E-state index contributed by atoms with van der Waals surface area (Å²) in [6.07, 6.45) is 1.09. The summed E-state index contributed by atoms with van der Waals surface area (Å²) in [5, 5.41) is 0.